The van der Waals surface area contributed by atoms with Crippen LogP contribution in [0.4, 0.5) is 4.39 Å². The first-order chi connectivity index (χ1) is 13.1. The highest BCUT2D eigenvalue weighted by Gasteiger charge is 2.09. The molecule has 0 aliphatic rings. The lowest BCUT2D eigenvalue weighted by atomic mass is 10.1. The third-order valence-corrected chi connectivity index (χ3v) is 4.55. The topological polar surface area (TPSA) is 46.9 Å². The van der Waals surface area contributed by atoms with E-state index < -0.39 is 0 Å². The van der Waals surface area contributed by atoms with Crippen molar-refractivity contribution < 1.29 is 9.18 Å². The van der Waals surface area contributed by atoms with Gasteiger partial charge in [0.1, 0.15) is 11.6 Å². The van der Waals surface area contributed by atoms with Crippen LogP contribution < -0.4 is 5.32 Å². The Kier molecular flexibility index (Phi) is 6.36. The number of nitrogens with zero attached hydrogens (tertiary/aromatic N) is 2. The first-order valence-electron chi connectivity index (χ1n) is 9.18. The molecule has 0 atom stereocenters. The number of amides is 1. The van der Waals surface area contributed by atoms with Crippen LogP contribution in [0.5, 0.6) is 0 Å². The maximum absolute atomic E-state index is 13.1. The summed E-state index contributed by atoms with van der Waals surface area (Å²) in [7, 11) is 0. The molecule has 5 heteroatoms. The fourth-order valence-electron chi connectivity index (χ4n) is 3.00. The Morgan fingerprint density at radius 1 is 1.04 bits per heavy atom. The Balaban J connectivity index is 1.49. The summed E-state index contributed by atoms with van der Waals surface area (Å²) >= 11 is 0. The highest BCUT2D eigenvalue weighted by Crippen LogP contribution is 2.11. The van der Waals surface area contributed by atoms with Gasteiger partial charge in [-0.15, -0.1) is 0 Å². The minimum atomic E-state index is -0.237. The molecular weight excluding hydrogens is 341 g/mol. The molecule has 1 heterocycles. The van der Waals surface area contributed by atoms with Crippen LogP contribution in [0.3, 0.4) is 0 Å². The smallest absolute Gasteiger partial charge is 0.220 e. The molecule has 1 N–H and O–H groups in total. The fourth-order valence-corrected chi connectivity index (χ4v) is 3.00. The molecule has 140 valence electrons. The standard InChI is InChI=1S/C22H24FN3O/c1-17-15-25-21(26(17)16-19-7-10-20(23)11-8-19)13-14-24-22(27)12-9-18-5-3-2-4-6-18/h2-8,10-11,15H,9,12-14,16H2,1H3,(H,24,27). The van der Waals surface area contributed by atoms with Crippen LogP contribution in [0.2, 0.25) is 0 Å². The summed E-state index contributed by atoms with van der Waals surface area (Å²) < 4.78 is 15.2. The van der Waals surface area contributed by atoms with Gasteiger partial charge in [-0.2, -0.15) is 0 Å². The second-order valence-electron chi connectivity index (χ2n) is 6.61. The molecule has 1 aromatic heterocycles. The molecule has 0 unspecified atom stereocenters. The van der Waals surface area contributed by atoms with Crippen molar-refractivity contribution in [3.63, 3.8) is 0 Å². The predicted molar refractivity (Wildman–Crippen MR) is 104 cm³/mol. The Labute approximate surface area is 159 Å². The summed E-state index contributed by atoms with van der Waals surface area (Å²) in [6.45, 7) is 3.19. The molecule has 0 fully saturated rings. The molecule has 2 aromatic carbocycles. The molecule has 1 amide bonds. The van der Waals surface area contributed by atoms with Crippen molar-refractivity contribution in [1.29, 1.82) is 0 Å². The van der Waals surface area contributed by atoms with Crippen LogP contribution >= 0.6 is 0 Å². The van der Waals surface area contributed by atoms with Gasteiger partial charge in [-0.25, -0.2) is 9.37 Å². The fraction of sp³-hybridized carbons (Fsp3) is 0.273. The monoisotopic (exact) mass is 365 g/mol. The van der Waals surface area contributed by atoms with Crippen molar-refractivity contribution >= 4 is 5.91 Å². The van der Waals surface area contributed by atoms with E-state index in [1.807, 2.05) is 43.5 Å². The summed E-state index contributed by atoms with van der Waals surface area (Å²) in [5, 5.41) is 2.97. The van der Waals surface area contributed by atoms with Gasteiger partial charge in [0.15, 0.2) is 0 Å². The van der Waals surface area contributed by atoms with Gasteiger partial charge < -0.3 is 9.88 Å². The highest BCUT2D eigenvalue weighted by molar-refractivity contribution is 5.76. The predicted octanol–water partition coefficient (Wildman–Crippen LogP) is 3.67. The number of nitrogens with one attached hydrogen (secondary N) is 1. The van der Waals surface area contributed by atoms with E-state index in [2.05, 4.69) is 14.9 Å². The Morgan fingerprint density at radius 3 is 2.52 bits per heavy atom. The van der Waals surface area contributed by atoms with Crippen molar-refractivity contribution in [3.8, 4) is 0 Å². The summed E-state index contributed by atoms with van der Waals surface area (Å²) in [4.78, 5) is 16.5. The van der Waals surface area contributed by atoms with E-state index in [1.54, 1.807) is 12.1 Å². The Bertz CT molecular complexity index is 872. The van der Waals surface area contributed by atoms with Crippen molar-refractivity contribution in [3.05, 3.63) is 89.3 Å². The molecule has 0 bridgehead atoms. The maximum atomic E-state index is 13.1. The lowest BCUT2D eigenvalue weighted by molar-refractivity contribution is -0.121. The molecule has 0 aliphatic carbocycles. The SMILES string of the molecule is Cc1cnc(CCNC(=O)CCc2ccccc2)n1Cc1ccc(F)cc1. The highest BCUT2D eigenvalue weighted by atomic mass is 19.1. The second kappa shape index (κ2) is 9.12. The third-order valence-electron chi connectivity index (χ3n) is 4.55. The van der Waals surface area contributed by atoms with Gasteiger partial charge in [-0.05, 0) is 36.6 Å². The molecule has 0 saturated heterocycles. The number of halogens is 1. The molecule has 0 aliphatic heterocycles. The average molecular weight is 365 g/mol. The van der Waals surface area contributed by atoms with Gasteiger partial charge in [0.25, 0.3) is 0 Å². The van der Waals surface area contributed by atoms with Crippen molar-refractivity contribution in [1.82, 2.24) is 14.9 Å². The molecule has 27 heavy (non-hydrogen) atoms. The van der Waals surface area contributed by atoms with Crippen LogP contribution in [-0.4, -0.2) is 22.0 Å². The summed E-state index contributed by atoms with van der Waals surface area (Å²) in [6, 6.07) is 16.5. The molecule has 3 aromatic rings. The zero-order valence-corrected chi connectivity index (χ0v) is 15.5. The first-order valence-corrected chi connectivity index (χ1v) is 9.18. The minimum absolute atomic E-state index is 0.0483. The van der Waals surface area contributed by atoms with Gasteiger partial charge in [0.05, 0.1) is 0 Å². The number of aromatic nitrogens is 2. The number of hydrogen-bond donors (Lipinski definition) is 1. The van der Waals surface area contributed by atoms with E-state index in [-0.39, 0.29) is 11.7 Å². The van der Waals surface area contributed by atoms with Gasteiger partial charge >= 0.3 is 0 Å². The second-order valence-corrected chi connectivity index (χ2v) is 6.61. The van der Waals surface area contributed by atoms with Crippen LogP contribution in [0.1, 0.15) is 29.1 Å². The van der Waals surface area contributed by atoms with Crippen LogP contribution in [-0.2, 0) is 24.2 Å². The summed E-state index contributed by atoms with van der Waals surface area (Å²) in [5.74, 6) is 0.729. The molecule has 0 saturated carbocycles. The summed E-state index contributed by atoms with van der Waals surface area (Å²) in [5.41, 5.74) is 3.23. The lowest BCUT2D eigenvalue weighted by Gasteiger charge is -2.11. The quantitative estimate of drug-likeness (QED) is 0.662. The summed E-state index contributed by atoms with van der Waals surface area (Å²) in [6.07, 6.45) is 3.71. The molecule has 0 spiro atoms. The van der Waals surface area contributed by atoms with Crippen LogP contribution in [0, 0.1) is 12.7 Å². The number of imidazole rings is 1. The van der Waals surface area contributed by atoms with Gasteiger partial charge in [-0.1, -0.05) is 42.5 Å². The Morgan fingerprint density at radius 2 is 1.78 bits per heavy atom. The largest absolute Gasteiger partial charge is 0.356 e. The number of carbonyl (C=O) groups excluding carboxylic acids is 1. The number of carbonyl (C=O) groups is 1. The van der Waals surface area contributed by atoms with Crippen molar-refractivity contribution in [2.75, 3.05) is 6.54 Å². The van der Waals surface area contributed by atoms with Gasteiger partial charge in [0, 0.05) is 37.8 Å². The average Bonchev–Trinajstić information content (AvgIpc) is 3.02. The molecule has 0 radical (unpaired) electrons. The van der Waals surface area contributed by atoms with E-state index in [0.717, 1.165) is 29.1 Å². The van der Waals surface area contributed by atoms with E-state index in [9.17, 15) is 9.18 Å². The Hall–Kier alpha value is -2.95. The zero-order valence-electron chi connectivity index (χ0n) is 15.5. The lowest BCUT2D eigenvalue weighted by Crippen LogP contribution is -2.26. The molecule has 3 rings (SSSR count). The normalized spacial score (nSPS) is 10.7. The first kappa shape index (κ1) is 18.8. The van der Waals surface area contributed by atoms with Gasteiger partial charge in [0.2, 0.25) is 5.91 Å². The van der Waals surface area contributed by atoms with E-state index in [4.69, 9.17) is 0 Å². The number of rotatable bonds is 8. The maximum Gasteiger partial charge on any atom is 0.220 e. The van der Waals surface area contributed by atoms with E-state index >= 15 is 0 Å². The number of aryl methyl sites for hydroxylation is 2. The number of benzene rings is 2. The zero-order chi connectivity index (χ0) is 19.1. The van der Waals surface area contributed by atoms with Crippen LogP contribution in [0.15, 0.2) is 60.8 Å². The van der Waals surface area contributed by atoms with Gasteiger partial charge in [-0.3, -0.25) is 4.79 Å². The molecular formula is C22H24FN3O. The number of hydrogen-bond acceptors (Lipinski definition) is 2. The van der Waals surface area contributed by atoms with Crippen LogP contribution in [0.25, 0.3) is 0 Å². The van der Waals surface area contributed by atoms with Crippen molar-refractivity contribution in [2.24, 2.45) is 0 Å². The third kappa shape index (κ3) is 5.51. The van der Waals surface area contributed by atoms with E-state index in [1.165, 1.54) is 12.1 Å². The van der Waals surface area contributed by atoms with Crippen molar-refractivity contribution in [2.45, 2.75) is 32.7 Å². The molecule has 4 nitrogen and oxygen atoms in total. The minimum Gasteiger partial charge on any atom is -0.356 e. The van der Waals surface area contributed by atoms with E-state index in [0.29, 0.717) is 25.9 Å².